The zero-order chi connectivity index (χ0) is 24.4. The molecule has 2 aliphatic heterocycles. The molecule has 3 heterocycles. The fraction of sp³-hybridized carbons (Fsp3) is 0.393. The molecule has 1 saturated heterocycles. The number of aryl methyl sites for hydroxylation is 1. The van der Waals surface area contributed by atoms with Crippen LogP contribution in [0.2, 0.25) is 5.02 Å². The van der Waals surface area contributed by atoms with Gasteiger partial charge in [-0.25, -0.2) is 0 Å². The van der Waals surface area contributed by atoms with Crippen LogP contribution in [-0.4, -0.2) is 60.8 Å². The van der Waals surface area contributed by atoms with Gasteiger partial charge >= 0.3 is 0 Å². The Bertz CT molecular complexity index is 1250. The predicted molar refractivity (Wildman–Crippen MR) is 142 cm³/mol. The van der Waals surface area contributed by atoms with E-state index in [1.807, 2.05) is 43.5 Å². The second-order valence-electron chi connectivity index (χ2n) is 9.54. The third-order valence-corrected chi connectivity index (χ3v) is 7.36. The van der Waals surface area contributed by atoms with Crippen LogP contribution in [0.1, 0.15) is 41.6 Å². The van der Waals surface area contributed by atoms with Crippen LogP contribution in [0.5, 0.6) is 0 Å². The second-order valence-corrected chi connectivity index (χ2v) is 9.98. The lowest BCUT2D eigenvalue weighted by Gasteiger charge is -2.36. The quantitative estimate of drug-likeness (QED) is 0.324. The standard InChI is InChI=1S/C28H31ClN4O2/c1-20-6-9-26-23(18-20)27(34)28(35)33(26)13-5-3-2-4-12-31-14-16-32(17-15-31)25-10-11-30-24-19-21(29)7-8-22(24)25/h6-11,18-19H,2-5,12-17H2,1H3. The van der Waals surface area contributed by atoms with Crippen molar-refractivity contribution < 1.29 is 9.59 Å². The molecule has 0 saturated carbocycles. The van der Waals surface area contributed by atoms with Crippen molar-refractivity contribution in [2.45, 2.75) is 32.6 Å². The molecule has 35 heavy (non-hydrogen) atoms. The van der Waals surface area contributed by atoms with Crippen LogP contribution in [0.25, 0.3) is 10.9 Å². The minimum Gasteiger partial charge on any atom is -0.368 e. The van der Waals surface area contributed by atoms with E-state index < -0.39 is 0 Å². The number of halogens is 1. The molecule has 5 rings (SSSR count). The van der Waals surface area contributed by atoms with Gasteiger partial charge in [-0.15, -0.1) is 0 Å². The average molecular weight is 491 g/mol. The Morgan fingerprint density at radius 3 is 2.43 bits per heavy atom. The van der Waals surface area contributed by atoms with Gasteiger partial charge in [-0.05, 0) is 62.7 Å². The predicted octanol–water partition coefficient (Wildman–Crippen LogP) is 5.11. The van der Waals surface area contributed by atoms with E-state index in [0.29, 0.717) is 17.1 Å². The summed E-state index contributed by atoms with van der Waals surface area (Å²) < 4.78 is 0. The normalized spacial score (nSPS) is 16.4. The molecule has 182 valence electrons. The Kier molecular flexibility index (Phi) is 7.02. The monoisotopic (exact) mass is 490 g/mol. The zero-order valence-corrected chi connectivity index (χ0v) is 20.9. The number of anilines is 2. The van der Waals surface area contributed by atoms with Crippen LogP contribution in [0, 0.1) is 6.92 Å². The molecule has 3 aromatic rings. The summed E-state index contributed by atoms with van der Waals surface area (Å²) in [6.45, 7) is 7.78. The van der Waals surface area contributed by atoms with Crippen molar-refractivity contribution in [2.24, 2.45) is 0 Å². The summed E-state index contributed by atoms with van der Waals surface area (Å²) in [6.07, 6.45) is 6.13. The number of nitrogens with zero attached hydrogens (tertiary/aromatic N) is 4. The van der Waals surface area contributed by atoms with Gasteiger partial charge in [-0.2, -0.15) is 0 Å². The number of benzene rings is 2. The molecule has 0 unspecified atom stereocenters. The summed E-state index contributed by atoms with van der Waals surface area (Å²) in [5, 5.41) is 1.87. The van der Waals surface area contributed by atoms with E-state index in [2.05, 4.69) is 26.9 Å². The summed E-state index contributed by atoms with van der Waals surface area (Å²) >= 11 is 6.14. The first-order valence-corrected chi connectivity index (χ1v) is 12.9. The van der Waals surface area contributed by atoms with Crippen molar-refractivity contribution in [1.29, 1.82) is 0 Å². The van der Waals surface area contributed by atoms with E-state index in [1.165, 1.54) is 5.69 Å². The molecule has 2 aromatic carbocycles. The van der Waals surface area contributed by atoms with Gasteiger partial charge in [-0.1, -0.05) is 36.1 Å². The van der Waals surface area contributed by atoms with Crippen molar-refractivity contribution in [3.63, 3.8) is 0 Å². The molecule has 6 nitrogen and oxygen atoms in total. The van der Waals surface area contributed by atoms with Crippen molar-refractivity contribution in [3.05, 3.63) is 64.8 Å². The molecule has 1 aromatic heterocycles. The van der Waals surface area contributed by atoms with E-state index in [4.69, 9.17) is 11.6 Å². The second kappa shape index (κ2) is 10.3. The number of pyridine rings is 1. The number of fused-ring (bicyclic) bond motifs is 2. The smallest absolute Gasteiger partial charge is 0.299 e. The third kappa shape index (κ3) is 5.04. The number of ketones is 1. The largest absolute Gasteiger partial charge is 0.368 e. The molecule has 0 N–H and O–H groups in total. The van der Waals surface area contributed by atoms with Gasteiger partial charge in [0.25, 0.3) is 11.7 Å². The highest BCUT2D eigenvalue weighted by molar-refractivity contribution is 6.52. The molecule has 0 radical (unpaired) electrons. The molecule has 0 atom stereocenters. The molecule has 1 fully saturated rings. The van der Waals surface area contributed by atoms with Gasteiger partial charge in [0, 0.05) is 55.0 Å². The molecule has 1 amide bonds. The van der Waals surface area contributed by atoms with Gasteiger partial charge in [0.2, 0.25) is 0 Å². The number of rotatable bonds is 8. The summed E-state index contributed by atoms with van der Waals surface area (Å²) in [4.78, 5) is 35.7. The van der Waals surface area contributed by atoms with E-state index in [1.54, 1.807) is 4.90 Å². The molecule has 7 heteroatoms. The first kappa shape index (κ1) is 23.8. The number of piperazine rings is 1. The number of hydrogen-bond acceptors (Lipinski definition) is 5. The van der Waals surface area contributed by atoms with Crippen LogP contribution < -0.4 is 9.80 Å². The van der Waals surface area contributed by atoms with E-state index in [0.717, 1.165) is 80.6 Å². The maximum atomic E-state index is 12.4. The maximum absolute atomic E-state index is 12.4. The third-order valence-electron chi connectivity index (χ3n) is 7.13. The number of amides is 1. The highest BCUT2D eigenvalue weighted by atomic mass is 35.5. The summed E-state index contributed by atoms with van der Waals surface area (Å²) in [7, 11) is 0. The Morgan fingerprint density at radius 2 is 1.63 bits per heavy atom. The minimum atomic E-state index is -0.381. The van der Waals surface area contributed by atoms with Crippen molar-refractivity contribution in [1.82, 2.24) is 9.88 Å². The number of hydrogen-bond donors (Lipinski definition) is 0. The molecular weight excluding hydrogens is 460 g/mol. The Hall–Kier alpha value is -2.96. The van der Waals surface area contributed by atoms with Crippen LogP contribution in [0.15, 0.2) is 48.7 Å². The number of aromatic nitrogens is 1. The van der Waals surface area contributed by atoms with Gasteiger partial charge in [0.1, 0.15) is 0 Å². The molecule has 0 aliphatic carbocycles. The maximum Gasteiger partial charge on any atom is 0.299 e. The van der Waals surface area contributed by atoms with Crippen molar-refractivity contribution >= 4 is 45.6 Å². The Morgan fingerprint density at radius 1 is 0.857 bits per heavy atom. The van der Waals surface area contributed by atoms with Crippen LogP contribution >= 0.6 is 11.6 Å². The highest BCUT2D eigenvalue weighted by Gasteiger charge is 2.35. The summed E-state index contributed by atoms with van der Waals surface area (Å²) in [5.41, 5.74) is 4.51. The lowest BCUT2D eigenvalue weighted by molar-refractivity contribution is -0.114. The van der Waals surface area contributed by atoms with Gasteiger partial charge in [0.05, 0.1) is 16.8 Å². The van der Waals surface area contributed by atoms with Crippen molar-refractivity contribution in [3.8, 4) is 0 Å². The molecule has 0 bridgehead atoms. The fourth-order valence-electron chi connectivity index (χ4n) is 5.19. The first-order valence-electron chi connectivity index (χ1n) is 12.5. The number of unbranched alkanes of at least 4 members (excludes halogenated alkanes) is 3. The number of carbonyl (C=O) groups is 2. The summed E-state index contributed by atoms with van der Waals surface area (Å²) in [5.74, 6) is -0.750. The molecule has 2 aliphatic rings. The zero-order valence-electron chi connectivity index (χ0n) is 20.2. The lowest BCUT2D eigenvalue weighted by Crippen LogP contribution is -2.46. The topological polar surface area (TPSA) is 56.8 Å². The van der Waals surface area contributed by atoms with Crippen molar-refractivity contribution in [2.75, 3.05) is 49.1 Å². The molecule has 0 spiro atoms. The van der Waals surface area contributed by atoms with Crippen LogP contribution in [0.4, 0.5) is 11.4 Å². The average Bonchev–Trinajstić information content (AvgIpc) is 3.10. The first-order chi connectivity index (χ1) is 17.0. The van der Waals surface area contributed by atoms with Crippen LogP contribution in [-0.2, 0) is 4.79 Å². The fourth-order valence-corrected chi connectivity index (χ4v) is 5.36. The molecular formula is C28H31ClN4O2. The van der Waals surface area contributed by atoms with E-state index in [9.17, 15) is 9.59 Å². The lowest BCUT2D eigenvalue weighted by atomic mass is 10.1. The van der Waals surface area contributed by atoms with E-state index >= 15 is 0 Å². The number of Topliss-reactive ketones (excluding diaryl/α,β-unsaturated/α-hetero) is 1. The van der Waals surface area contributed by atoms with Crippen LogP contribution in [0.3, 0.4) is 0 Å². The van der Waals surface area contributed by atoms with Gasteiger partial charge in [-0.3, -0.25) is 19.5 Å². The van der Waals surface area contributed by atoms with Gasteiger partial charge in [0.15, 0.2) is 0 Å². The Labute approximate surface area is 211 Å². The summed E-state index contributed by atoms with van der Waals surface area (Å²) in [6, 6.07) is 13.7. The highest BCUT2D eigenvalue weighted by Crippen LogP contribution is 2.30. The van der Waals surface area contributed by atoms with E-state index in [-0.39, 0.29) is 11.7 Å². The SMILES string of the molecule is Cc1ccc2c(c1)C(=O)C(=O)N2CCCCCCN1CCN(c2ccnc3cc(Cl)ccc23)CC1. The van der Waals surface area contributed by atoms with Gasteiger partial charge < -0.3 is 9.80 Å². The Balaban J connectivity index is 1.04. The number of carbonyl (C=O) groups excluding carboxylic acids is 2. The minimum absolute atomic E-state index is 0.369.